The first-order chi connectivity index (χ1) is 7.37. The molecule has 1 aromatic rings. The summed E-state index contributed by atoms with van der Waals surface area (Å²) < 4.78 is 0. The maximum absolute atomic E-state index is 11.7. The number of likely N-dealkylation sites (N-methyl/N-ethyl adjacent to an activating group) is 1. The summed E-state index contributed by atoms with van der Waals surface area (Å²) >= 11 is 0. The number of carboxylic acids is 1. The van der Waals surface area contributed by atoms with E-state index in [2.05, 4.69) is 4.98 Å². The first kappa shape index (κ1) is 12.1. The highest BCUT2D eigenvalue weighted by Gasteiger charge is 2.38. The van der Waals surface area contributed by atoms with E-state index in [9.17, 15) is 14.7 Å². The van der Waals surface area contributed by atoms with Crippen LogP contribution in [-0.2, 0) is 4.79 Å². The lowest BCUT2D eigenvalue weighted by molar-refractivity contribution is -0.171. The molecule has 2 N–H and O–H groups in total. The number of nitrogens with zero attached hydrogens (tertiary/aromatic N) is 2. The van der Waals surface area contributed by atoms with Gasteiger partial charge in [-0.15, -0.1) is 0 Å². The smallest absolute Gasteiger partial charge is 0.357 e. The molecular formula is C10H12N2O4. The number of carboxylic acid groups (broad SMARTS) is 1. The highest BCUT2D eigenvalue weighted by Crippen LogP contribution is 2.12. The number of aliphatic hydroxyl groups is 1. The van der Waals surface area contributed by atoms with Gasteiger partial charge in [-0.25, -0.2) is 4.79 Å². The Morgan fingerprint density at radius 3 is 2.50 bits per heavy atom. The predicted octanol–water partition coefficient (Wildman–Crippen LogP) is -0.0533. The van der Waals surface area contributed by atoms with E-state index in [0.29, 0.717) is 0 Å². The van der Waals surface area contributed by atoms with Gasteiger partial charge in [0.05, 0.1) is 0 Å². The molecule has 16 heavy (non-hydrogen) atoms. The Kier molecular flexibility index (Phi) is 3.24. The molecule has 0 fully saturated rings. The van der Waals surface area contributed by atoms with Crippen molar-refractivity contribution >= 4 is 11.9 Å². The van der Waals surface area contributed by atoms with Crippen LogP contribution in [0, 0.1) is 0 Å². The molecule has 6 heteroatoms. The van der Waals surface area contributed by atoms with Crippen LogP contribution in [0.2, 0.25) is 0 Å². The van der Waals surface area contributed by atoms with Crippen LogP contribution >= 0.6 is 0 Å². The zero-order valence-electron chi connectivity index (χ0n) is 8.91. The molecule has 0 spiro atoms. The summed E-state index contributed by atoms with van der Waals surface area (Å²) in [5.41, 5.74) is -2.18. The lowest BCUT2D eigenvalue weighted by atomic mass is 10.2. The van der Waals surface area contributed by atoms with Gasteiger partial charge in [0.25, 0.3) is 5.91 Å². The Hall–Kier alpha value is -1.95. The highest BCUT2D eigenvalue weighted by atomic mass is 16.4. The van der Waals surface area contributed by atoms with Crippen molar-refractivity contribution < 1.29 is 19.8 Å². The lowest BCUT2D eigenvalue weighted by Crippen LogP contribution is -2.53. The van der Waals surface area contributed by atoms with E-state index in [1.54, 1.807) is 12.1 Å². The Balaban J connectivity index is 2.96. The summed E-state index contributed by atoms with van der Waals surface area (Å²) in [4.78, 5) is 27.0. The van der Waals surface area contributed by atoms with Crippen LogP contribution in [0.25, 0.3) is 0 Å². The average Bonchev–Trinajstić information content (AvgIpc) is 2.28. The summed E-state index contributed by atoms with van der Waals surface area (Å²) in [7, 11) is 1.20. The maximum Gasteiger partial charge on any atom is 0.357 e. The minimum Gasteiger partial charge on any atom is -0.478 e. The SMILES string of the molecule is CN(C(=O)c1ccccn1)C(C)(O)C(=O)O. The highest BCUT2D eigenvalue weighted by molar-refractivity contribution is 5.95. The van der Waals surface area contributed by atoms with Crippen molar-refractivity contribution in [2.45, 2.75) is 12.6 Å². The summed E-state index contributed by atoms with van der Waals surface area (Å²) in [6, 6.07) is 4.67. The van der Waals surface area contributed by atoms with Gasteiger partial charge in [-0.05, 0) is 19.1 Å². The van der Waals surface area contributed by atoms with Crippen LogP contribution in [0.3, 0.4) is 0 Å². The van der Waals surface area contributed by atoms with Gasteiger partial charge in [-0.3, -0.25) is 9.78 Å². The molecule has 0 bridgehead atoms. The number of aromatic nitrogens is 1. The molecule has 1 heterocycles. The molecule has 1 amide bonds. The molecule has 0 aliphatic carbocycles. The summed E-state index contributed by atoms with van der Waals surface area (Å²) in [5, 5.41) is 18.3. The number of pyridine rings is 1. The van der Waals surface area contributed by atoms with Crippen molar-refractivity contribution in [1.29, 1.82) is 0 Å². The number of carbonyl (C=O) groups excluding carboxylic acids is 1. The van der Waals surface area contributed by atoms with Crippen molar-refractivity contribution in [3.05, 3.63) is 30.1 Å². The molecule has 1 atom stereocenters. The van der Waals surface area contributed by atoms with Gasteiger partial charge in [0.15, 0.2) is 0 Å². The van der Waals surface area contributed by atoms with Crippen molar-refractivity contribution in [1.82, 2.24) is 9.88 Å². The molecule has 1 aromatic heterocycles. The normalized spacial score (nSPS) is 13.9. The van der Waals surface area contributed by atoms with Gasteiger partial charge in [0, 0.05) is 13.2 Å². The predicted molar refractivity (Wildman–Crippen MR) is 54.6 cm³/mol. The third-order valence-electron chi connectivity index (χ3n) is 2.25. The molecule has 0 saturated heterocycles. The molecule has 0 aromatic carbocycles. The van der Waals surface area contributed by atoms with Crippen molar-refractivity contribution in [3.8, 4) is 0 Å². The van der Waals surface area contributed by atoms with Gasteiger partial charge in [-0.1, -0.05) is 6.07 Å². The van der Waals surface area contributed by atoms with E-state index in [4.69, 9.17) is 5.11 Å². The standard InChI is InChI=1S/C10H12N2O4/c1-10(16,9(14)15)12(2)8(13)7-5-3-4-6-11-7/h3-6,16H,1-2H3,(H,14,15). The minimum atomic E-state index is -2.26. The van der Waals surface area contributed by atoms with Crippen LogP contribution in [0.4, 0.5) is 0 Å². The number of rotatable bonds is 3. The fourth-order valence-corrected chi connectivity index (χ4v) is 1.00. The van der Waals surface area contributed by atoms with E-state index >= 15 is 0 Å². The molecule has 0 aliphatic heterocycles. The lowest BCUT2D eigenvalue weighted by Gasteiger charge is -2.29. The molecule has 0 saturated carbocycles. The third-order valence-corrected chi connectivity index (χ3v) is 2.25. The number of amides is 1. The zero-order valence-corrected chi connectivity index (χ0v) is 8.91. The van der Waals surface area contributed by atoms with Crippen LogP contribution in [-0.4, -0.2) is 44.7 Å². The van der Waals surface area contributed by atoms with Gasteiger partial charge in [0.2, 0.25) is 5.72 Å². The van der Waals surface area contributed by atoms with Crippen LogP contribution < -0.4 is 0 Å². The number of hydrogen-bond donors (Lipinski definition) is 2. The largest absolute Gasteiger partial charge is 0.478 e. The molecular weight excluding hydrogens is 212 g/mol. The molecule has 6 nitrogen and oxygen atoms in total. The fraction of sp³-hybridized carbons (Fsp3) is 0.300. The Morgan fingerprint density at radius 1 is 1.44 bits per heavy atom. The third kappa shape index (κ3) is 2.17. The Bertz CT molecular complexity index is 403. The van der Waals surface area contributed by atoms with E-state index in [0.717, 1.165) is 11.8 Å². The Labute approximate surface area is 92.1 Å². The van der Waals surface area contributed by atoms with E-state index < -0.39 is 17.6 Å². The number of aliphatic carboxylic acids is 1. The minimum absolute atomic E-state index is 0.0755. The average molecular weight is 224 g/mol. The maximum atomic E-state index is 11.7. The number of carbonyl (C=O) groups is 2. The second-order valence-corrected chi connectivity index (χ2v) is 3.41. The second-order valence-electron chi connectivity index (χ2n) is 3.41. The van der Waals surface area contributed by atoms with E-state index in [-0.39, 0.29) is 5.69 Å². The van der Waals surface area contributed by atoms with Crippen molar-refractivity contribution in [2.75, 3.05) is 7.05 Å². The van der Waals surface area contributed by atoms with E-state index in [1.165, 1.54) is 19.3 Å². The van der Waals surface area contributed by atoms with Crippen LogP contribution in [0.1, 0.15) is 17.4 Å². The van der Waals surface area contributed by atoms with Crippen LogP contribution in [0.5, 0.6) is 0 Å². The first-order valence-corrected chi connectivity index (χ1v) is 4.52. The monoisotopic (exact) mass is 224 g/mol. The second kappa shape index (κ2) is 4.28. The topological polar surface area (TPSA) is 90.7 Å². The quantitative estimate of drug-likeness (QED) is 0.702. The van der Waals surface area contributed by atoms with Gasteiger partial charge >= 0.3 is 5.97 Å². The van der Waals surface area contributed by atoms with Gasteiger partial charge in [-0.2, -0.15) is 0 Å². The van der Waals surface area contributed by atoms with Crippen molar-refractivity contribution in [2.24, 2.45) is 0 Å². The molecule has 0 radical (unpaired) electrons. The summed E-state index contributed by atoms with van der Waals surface area (Å²) in [6.45, 7) is 1.02. The molecule has 1 unspecified atom stereocenters. The fourth-order valence-electron chi connectivity index (χ4n) is 1.00. The van der Waals surface area contributed by atoms with Crippen molar-refractivity contribution in [3.63, 3.8) is 0 Å². The first-order valence-electron chi connectivity index (χ1n) is 4.52. The molecule has 86 valence electrons. The van der Waals surface area contributed by atoms with Crippen LogP contribution in [0.15, 0.2) is 24.4 Å². The van der Waals surface area contributed by atoms with E-state index in [1.807, 2.05) is 0 Å². The molecule has 1 rings (SSSR count). The van der Waals surface area contributed by atoms with Gasteiger partial charge < -0.3 is 15.1 Å². The summed E-state index contributed by atoms with van der Waals surface area (Å²) in [5.74, 6) is -2.16. The number of hydrogen-bond acceptors (Lipinski definition) is 4. The Morgan fingerprint density at radius 2 is 2.06 bits per heavy atom. The molecule has 0 aliphatic rings. The summed E-state index contributed by atoms with van der Waals surface area (Å²) in [6.07, 6.45) is 1.41. The van der Waals surface area contributed by atoms with Gasteiger partial charge in [0.1, 0.15) is 5.69 Å². The zero-order chi connectivity index (χ0) is 12.3.